The van der Waals surface area contributed by atoms with E-state index in [4.69, 9.17) is 5.73 Å². The molecule has 1 amide bonds. The first-order valence-electron chi connectivity index (χ1n) is 6.90. The molecule has 1 aliphatic heterocycles. The number of carbonyl (C=O) groups excluding carboxylic acids is 1. The zero-order valence-electron chi connectivity index (χ0n) is 11.4. The number of likely N-dealkylation sites (tertiary alicyclic amines) is 1. The minimum atomic E-state index is -0.212. The molecular formula is C15H22N2O2. The molecule has 0 radical (unpaired) electrons. The molecule has 0 saturated carbocycles. The Morgan fingerprint density at radius 2 is 2.32 bits per heavy atom. The van der Waals surface area contributed by atoms with Gasteiger partial charge in [-0.15, -0.1) is 0 Å². The van der Waals surface area contributed by atoms with Gasteiger partial charge in [0.15, 0.2) is 0 Å². The standard InChI is InChI=1S/C15H22N2O2/c1-11(12-5-4-6-13(16)9-12)15(19)17-8-3-2-7-14(17)10-18/h4-6,9,11,14,18H,2-3,7-8,10,16H2,1H3. The predicted molar refractivity (Wildman–Crippen MR) is 75.7 cm³/mol. The summed E-state index contributed by atoms with van der Waals surface area (Å²) in [7, 11) is 0. The minimum absolute atomic E-state index is 0.0234. The smallest absolute Gasteiger partial charge is 0.230 e. The summed E-state index contributed by atoms with van der Waals surface area (Å²) in [5, 5.41) is 9.39. The summed E-state index contributed by atoms with van der Waals surface area (Å²) >= 11 is 0. The molecule has 19 heavy (non-hydrogen) atoms. The van der Waals surface area contributed by atoms with Gasteiger partial charge in [-0.1, -0.05) is 12.1 Å². The Bertz CT molecular complexity index is 448. The highest BCUT2D eigenvalue weighted by molar-refractivity contribution is 5.84. The highest BCUT2D eigenvalue weighted by Crippen LogP contribution is 2.24. The number of nitrogens with two attached hydrogens (primary N) is 1. The van der Waals surface area contributed by atoms with Crippen LogP contribution in [0.25, 0.3) is 0 Å². The summed E-state index contributed by atoms with van der Waals surface area (Å²) in [6.07, 6.45) is 3.00. The van der Waals surface area contributed by atoms with Gasteiger partial charge in [0.2, 0.25) is 5.91 Å². The van der Waals surface area contributed by atoms with Gasteiger partial charge < -0.3 is 15.7 Å². The molecule has 1 heterocycles. The normalized spacial score (nSPS) is 21.2. The summed E-state index contributed by atoms with van der Waals surface area (Å²) in [6, 6.07) is 7.44. The molecule has 0 spiro atoms. The van der Waals surface area contributed by atoms with E-state index in [0.29, 0.717) is 5.69 Å². The first kappa shape index (κ1) is 13.9. The van der Waals surface area contributed by atoms with Crippen LogP contribution in [0, 0.1) is 0 Å². The lowest BCUT2D eigenvalue weighted by molar-refractivity contribution is -0.137. The molecule has 2 unspecified atom stereocenters. The first-order chi connectivity index (χ1) is 9.13. The number of amides is 1. The number of aliphatic hydroxyl groups excluding tert-OH is 1. The fraction of sp³-hybridized carbons (Fsp3) is 0.533. The van der Waals surface area contributed by atoms with Crippen LogP contribution in [0.15, 0.2) is 24.3 Å². The molecule has 0 aliphatic carbocycles. The van der Waals surface area contributed by atoms with Gasteiger partial charge in [-0.2, -0.15) is 0 Å². The van der Waals surface area contributed by atoms with Crippen LogP contribution >= 0.6 is 0 Å². The van der Waals surface area contributed by atoms with Crippen molar-refractivity contribution in [3.8, 4) is 0 Å². The maximum absolute atomic E-state index is 12.6. The third-order valence-electron chi connectivity index (χ3n) is 3.90. The van der Waals surface area contributed by atoms with Gasteiger partial charge in [-0.3, -0.25) is 4.79 Å². The van der Waals surface area contributed by atoms with E-state index in [1.165, 1.54) is 0 Å². The van der Waals surface area contributed by atoms with Crippen LogP contribution in [0.5, 0.6) is 0 Å². The number of anilines is 1. The van der Waals surface area contributed by atoms with Crippen molar-refractivity contribution in [2.24, 2.45) is 0 Å². The zero-order valence-corrected chi connectivity index (χ0v) is 11.4. The molecule has 3 N–H and O–H groups in total. The summed E-state index contributed by atoms with van der Waals surface area (Å²) in [4.78, 5) is 14.4. The van der Waals surface area contributed by atoms with Crippen LogP contribution < -0.4 is 5.73 Å². The molecule has 2 rings (SSSR count). The number of nitrogen functional groups attached to an aromatic ring is 1. The van der Waals surface area contributed by atoms with Crippen molar-refractivity contribution in [1.29, 1.82) is 0 Å². The number of piperidine rings is 1. The number of rotatable bonds is 3. The molecule has 1 aromatic carbocycles. The van der Waals surface area contributed by atoms with E-state index in [1.54, 1.807) is 0 Å². The van der Waals surface area contributed by atoms with Crippen molar-refractivity contribution < 1.29 is 9.90 Å². The van der Waals surface area contributed by atoms with Gasteiger partial charge in [-0.25, -0.2) is 0 Å². The maximum atomic E-state index is 12.6. The van der Waals surface area contributed by atoms with Gasteiger partial charge in [0.05, 0.1) is 18.6 Å². The molecule has 2 atom stereocenters. The molecule has 1 fully saturated rings. The van der Waals surface area contributed by atoms with E-state index in [1.807, 2.05) is 36.1 Å². The second-order valence-electron chi connectivity index (χ2n) is 5.26. The van der Waals surface area contributed by atoms with Crippen molar-refractivity contribution >= 4 is 11.6 Å². The minimum Gasteiger partial charge on any atom is -0.399 e. The lowest BCUT2D eigenvalue weighted by atomic mass is 9.95. The lowest BCUT2D eigenvalue weighted by Gasteiger charge is -2.36. The van der Waals surface area contributed by atoms with Crippen LogP contribution in [-0.2, 0) is 4.79 Å². The number of aliphatic hydroxyl groups is 1. The van der Waals surface area contributed by atoms with E-state index in [0.717, 1.165) is 31.4 Å². The fourth-order valence-electron chi connectivity index (χ4n) is 2.70. The Morgan fingerprint density at radius 1 is 1.53 bits per heavy atom. The average molecular weight is 262 g/mol. The Balaban J connectivity index is 2.13. The van der Waals surface area contributed by atoms with Crippen LogP contribution in [0.1, 0.15) is 37.7 Å². The number of carbonyl (C=O) groups is 1. The maximum Gasteiger partial charge on any atom is 0.230 e. The average Bonchev–Trinajstić information content (AvgIpc) is 2.45. The molecule has 4 nitrogen and oxygen atoms in total. The second-order valence-corrected chi connectivity index (χ2v) is 5.26. The van der Waals surface area contributed by atoms with Crippen molar-refractivity contribution in [3.05, 3.63) is 29.8 Å². The molecule has 1 aliphatic rings. The largest absolute Gasteiger partial charge is 0.399 e. The SMILES string of the molecule is CC(C(=O)N1CCCCC1CO)c1cccc(N)c1. The van der Waals surface area contributed by atoms with Crippen LogP contribution in [-0.4, -0.2) is 35.1 Å². The molecule has 0 bridgehead atoms. The Morgan fingerprint density at radius 3 is 3.00 bits per heavy atom. The summed E-state index contributed by atoms with van der Waals surface area (Å²) in [5.74, 6) is -0.125. The summed E-state index contributed by atoms with van der Waals surface area (Å²) in [5.41, 5.74) is 7.38. The van der Waals surface area contributed by atoms with Crippen LogP contribution in [0.3, 0.4) is 0 Å². The molecule has 1 aromatic rings. The molecule has 104 valence electrons. The monoisotopic (exact) mass is 262 g/mol. The lowest BCUT2D eigenvalue weighted by Crippen LogP contribution is -2.47. The van der Waals surface area contributed by atoms with Crippen LogP contribution in [0.4, 0.5) is 5.69 Å². The Kier molecular flexibility index (Phi) is 4.43. The Labute approximate surface area is 114 Å². The van der Waals surface area contributed by atoms with Gasteiger partial charge in [0.1, 0.15) is 0 Å². The fourth-order valence-corrected chi connectivity index (χ4v) is 2.70. The van der Waals surface area contributed by atoms with Crippen molar-refractivity contribution in [2.75, 3.05) is 18.9 Å². The van der Waals surface area contributed by atoms with E-state index in [2.05, 4.69) is 0 Å². The summed E-state index contributed by atoms with van der Waals surface area (Å²) in [6.45, 7) is 2.70. The first-order valence-corrected chi connectivity index (χ1v) is 6.90. The highest BCUT2D eigenvalue weighted by Gasteiger charge is 2.29. The molecule has 4 heteroatoms. The van der Waals surface area contributed by atoms with Gasteiger partial charge in [0.25, 0.3) is 0 Å². The number of hydrogen-bond acceptors (Lipinski definition) is 3. The van der Waals surface area contributed by atoms with Crippen LogP contribution in [0.2, 0.25) is 0 Å². The van der Waals surface area contributed by atoms with E-state index in [-0.39, 0.29) is 24.5 Å². The second kappa shape index (κ2) is 6.06. The third kappa shape index (κ3) is 3.07. The van der Waals surface area contributed by atoms with Crippen molar-refractivity contribution in [3.63, 3.8) is 0 Å². The summed E-state index contributed by atoms with van der Waals surface area (Å²) < 4.78 is 0. The highest BCUT2D eigenvalue weighted by atomic mass is 16.3. The predicted octanol–water partition coefficient (Wildman–Crippen LogP) is 1.75. The van der Waals surface area contributed by atoms with Gasteiger partial charge in [-0.05, 0) is 43.9 Å². The number of hydrogen-bond donors (Lipinski definition) is 2. The van der Waals surface area contributed by atoms with Gasteiger partial charge >= 0.3 is 0 Å². The van der Waals surface area contributed by atoms with Crippen molar-refractivity contribution in [2.45, 2.75) is 38.1 Å². The third-order valence-corrected chi connectivity index (χ3v) is 3.90. The van der Waals surface area contributed by atoms with E-state index >= 15 is 0 Å². The topological polar surface area (TPSA) is 66.6 Å². The quantitative estimate of drug-likeness (QED) is 0.815. The van der Waals surface area contributed by atoms with Crippen molar-refractivity contribution in [1.82, 2.24) is 4.90 Å². The van der Waals surface area contributed by atoms with Gasteiger partial charge in [0, 0.05) is 12.2 Å². The van der Waals surface area contributed by atoms with E-state index in [9.17, 15) is 9.90 Å². The molecular weight excluding hydrogens is 240 g/mol. The molecule has 1 saturated heterocycles. The number of benzene rings is 1. The Hall–Kier alpha value is -1.55. The molecule has 0 aromatic heterocycles. The van der Waals surface area contributed by atoms with E-state index < -0.39 is 0 Å². The zero-order chi connectivity index (χ0) is 13.8. The number of nitrogens with zero attached hydrogens (tertiary/aromatic N) is 1.